The fourth-order valence-electron chi connectivity index (χ4n) is 2.91. The van der Waals surface area contributed by atoms with E-state index in [2.05, 4.69) is 24.0 Å². The van der Waals surface area contributed by atoms with Crippen LogP contribution in [0.15, 0.2) is 0 Å². The molecule has 4 rings (SSSR count). The second kappa shape index (κ2) is 4.78. The summed E-state index contributed by atoms with van der Waals surface area (Å²) in [6.45, 7) is 4.21. The summed E-state index contributed by atoms with van der Waals surface area (Å²) in [6.07, 6.45) is 4.80. The number of aromatic nitrogens is 4. The minimum atomic E-state index is 0.309. The van der Waals surface area contributed by atoms with E-state index in [1.54, 1.807) is 22.7 Å². The maximum Gasteiger partial charge on any atom is 0.234 e. The molecule has 0 unspecified atom stereocenters. The third-order valence-electron chi connectivity index (χ3n) is 3.94. The van der Waals surface area contributed by atoms with Crippen LogP contribution in [0.5, 0.6) is 0 Å². The summed E-state index contributed by atoms with van der Waals surface area (Å²) in [6, 6.07) is 0. The first-order valence-electron chi connectivity index (χ1n) is 7.27. The first kappa shape index (κ1) is 13.2. The van der Waals surface area contributed by atoms with Crippen LogP contribution in [0.3, 0.4) is 0 Å². The van der Waals surface area contributed by atoms with Crippen molar-refractivity contribution in [1.29, 1.82) is 0 Å². The van der Waals surface area contributed by atoms with Crippen molar-refractivity contribution in [2.24, 2.45) is 0 Å². The van der Waals surface area contributed by atoms with E-state index in [4.69, 9.17) is 10.8 Å². The van der Waals surface area contributed by atoms with Gasteiger partial charge < -0.3 is 5.73 Å². The lowest BCUT2D eigenvalue weighted by molar-refractivity contribution is 0.697. The van der Waals surface area contributed by atoms with E-state index in [1.165, 1.54) is 23.3 Å². The van der Waals surface area contributed by atoms with Crippen molar-refractivity contribution in [3.8, 4) is 10.6 Å². The third kappa shape index (κ3) is 1.98. The molecule has 0 saturated carbocycles. The molecule has 5 nitrogen and oxygen atoms in total. The molecule has 0 amide bonds. The standard InChI is InChI=1S/C14H17N5S2/c1-7(2)12-16-17-14-19(12)18-13(21-14)10-8-5-3-4-6-9(8)20-11(10)15/h7H,3-6,15H2,1-2H3. The Morgan fingerprint density at radius 2 is 1.95 bits per heavy atom. The fourth-order valence-corrected chi connectivity index (χ4v) is 5.07. The zero-order valence-electron chi connectivity index (χ0n) is 12.1. The quantitative estimate of drug-likeness (QED) is 0.785. The molecule has 0 saturated heterocycles. The Morgan fingerprint density at radius 1 is 1.14 bits per heavy atom. The maximum absolute atomic E-state index is 6.28. The molecular weight excluding hydrogens is 302 g/mol. The number of fused-ring (bicyclic) bond motifs is 2. The molecular formula is C14H17N5S2. The molecule has 0 spiro atoms. The molecule has 3 aromatic heterocycles. The average molecular weight is 319 g/mol. The normalized spacial score (nSPS) is 15.0. The fraction of sp³-hybridized carbons (Fsp3) is 0.500. The van der Waals surface area contributed by atoms with Crippen molar-refractivity contribution in [3.63, 3.8) is 0 Å². The molecule has 110 valence electrons. The van der Waals surface area contributed by atoms with Crippen LogP contribution in [-0.2, 0) is 12.8 Å². The molecule has 0 aliphatic heterocycles. The molecule has 0 aromatic carbocycles. The van der Waals surface area contributed by atoms with Crippen LogP contribution >= 0.6 is 22.7 Å². The van der Waals surface area contributed by atoms with E-state index >= 15 is 0 Å². The Kier molecular flexibility index (Phi) is 3.00. The minimum absolute atomic E-state index is 0.309. The summed E-state index contributed by atoms with van der Waals surface area (Å²) in [5, 5.41) is 15.1. The molecule has 0 bridgehead atoms. The van der Waals surface area contributed by atoms with Crippen molar-refractivity contribution in [3.05, 3.63) is 16.3 Å². The van der Waals surface area contributed by atoms with Gasteiger partial charge in [0.05, 0.1) is 10.6 Å². The first-order valence-corrected chi connectivity index (χ1v) is 8.91. The van der Waals surface area contributed by atoms with Gasteiger partial charge in [-0.25, -0.2) is 0 Å². The second-order valence-corrected chi connectivity index (χ2v) is 7.86. The molecule has 7 heteroatoms. The number of nitrogen functional groups attached to an aromatic ring is 1. The highest BCUT2D eigenvalue weighted by atomic mass is 32.1. The Morgan fingerprint density at radius 3 is 2.76 bits per heavy atom. The summed E-state index contributed by atoms with van der Waals surface area (Å²) in [7, 11) is 0. The Bertz CT molecular complexity index is 811. The van der Waals surface area contributed by atoms with Crippen LogP contribution in [0.1, 0.15) is 48.9 Å². The lowest BCUT2D eigenvalue weighted by Crippen LogP contribution is -2.01. The SMILES string of the molecule is CC(C)c1nnc2sc(-c3c(N)sc4c3CCCC4)nn12. The van der Waals surface area contributed by atoms with Gasteiger partial charge in [0.2, 0.25) is 4.96 Å². The maximum atomic E-state index is 6.28. The van der Waals surface area contributed by atoms with E-state index in [9.17, 15) is 0 Å². The van der Waals surface area contributed by atoms with Crippen LogP contribution in [0.2, 0.25) is 0 Å². The zero-order valence-corrected chi connectivity index (χ0v) is 13.7. The monoisotopic (exact) mass is 319 g/mol. The van der Waals surface area contributed by atoms with E-state index in [1.807, 2.05) is 4.52 Å². The van der Waals surface area contributed by atoms with Gasteiger partial charge >= 0.3 is 0 Å². The summed E-state index contributed by atoms with van der Waals surface area (Å²) in [5.74, 6) is 1.22. The van der Waals surface area contributed by atoms with E-state index in [-0.39, 0.29) is 0 Å². The second-order valence-electron chi connectivity index (χ2n) is 5.76. The smallest absolute Gasteiger partial charge is 0.234 e. The molecule has 1 aliphatic carbocycles. The molecule has 3 heterocycles. The van der Waals surface area contributed by atoms with Gasteiger partial charge in [0, 0.05) is 10.8 Å². The van der Waals surface area contributed by atoms with Crippen LogP contribution in [-0.4, -0.2) is 19.8 Å². The lowest BCUT2D eigenvalue weighted by Gasteiger charge is -2.11. The highest BCUT2D eigenvalue weighted by Gasteiger charge is 2.24. The van der Waals surface area contributed by atoms with Gasteiger partial charge in [-0.3, -0.25) is 0 Å². The van der Waals surface area contributed by atoms with Crippen LogP contribution in [0, 0.1) is 0 Å². The highest BCUT2D eigenvalue weighted by Crippen LogP contribution is 2.43. The van der Waals surface area contributed by atoms with E-state index < -0.39 is 0 Å². The summed E-state index contributed by atoms with van der Waals surface area (Å²) in [4.78, 5) is 2.30. The lowest BCUT2D eigenvalue weighted by atomic mass is 9.96. The average Bonchev–Trinajstić information content (AvgIpc) is 3.07. The van der Waals surface area contributed by atoms with Gasteiger partial charge in [-0.2, -0.15) is 9.61 Å². The topological polar surface area (TPSA) is 69.1 Å². The van der Waals surface area contributed by atoms with Crippen molar-refractivity contribution in [2.45, 2.75) is 45.4 Å². The van der Waals surface area contributed by atoms with E-state index in [0.717, 1.165) is 39.2 Å². The predicted molar refractivity (Wildman–Crippen MR) is 87.1 cm³/mol. The Hall–Kier alpha value is -1.47. The molecule has 1 aliphatic rings. The zero-order chi connectivity index (χ0) is 14.6. The van der Waals surface area contributed by atoms with Gasteiger partial charge in [0.1, 0.15) is 0 Å². The molecule has 0 atom stereocenters. The van der Waals surface area contributed by atoms with Crippen LogP contribution in [0.25, 0.3) is 15.5 Å². The van der Waals surface area contributed by atoms with Gasteiger partial charge in [-0.05, 0) is 31.2 Å². The van der Waals surface area contributed by atoms with Crippen molar-refractivity contribution in [1.82, 2.24) is 19.8 Å². The number of anilines is 1. The molecule has 0 fully saturated rings. The van der Waals surface area contributed by atoms with Crippen molar-refractivity contribution in [2.75, 3.05) is 5.73 Å². The van der Waals surface area contributed by atoms with Gasteiger partial charge in [-0.15, -0.1) is 21.5 Å². The summed E-state index contributed by atoms with van der Waals surface area (Å²) >= 11 is 3.32. The number of nitrogens with zero attached hydrogens (tertiary/aromatic N) is 4. The Labute approximate surface area is 130 Å². The molecule has 3 aromatic rings. The number of thiophene rings is 1. The molecule has 2 N–H and O–H groups in total. The summed E-state index contributed by atoms with van der Waals surface area (Å²) in [5.41, 5.74) is 8.85. The van der Waals surface area contributed by atoms with Gasteiger partial charge in [0.25, 0.3) is 0 Å². The molecule has 21 heavy (non-hydrogen) atoms. The van der Waals surface area contributed by atoms with Crippen molar-refractivity contribution >= 4 is 32.6 Å². The van der Waals surface area contributed by atoms with Crippen molar-refractivity contribution < 1.29 is 0 Å². The number of nitrogens with two attached hydrogens (primary N) is 1. The molecule has 0 radical (unpaired) electrons. The number of hydrogen-bond donors (Lipinski definition) is 1. The Balaban J connectivity index is 1.89. The highest BCUT2D eigenvalue weighted by molar-refractivity contribution is 7.21. The minimum Gasteiger partial charge on any atom is -0.390 e. The largest absolute Gasteiger partial charge is 0.390 e. The third-order valence-corrected chi connectivity index (χ3v) is 5.98. The van der Waals surface area contributed by atoms with Crippen LogP contribution in [0.4, 0.5) is 5.00 Å². The van der Waals surface area contributed by atoms with Crippen LogP contribution < -0.4 is 5.73 Å². The van der Waals surface area contributed by atoms with Gasteiger partial charge in [-0.1, -0.05) is 25.2 Å². The first-order chi connectivity index (χ1) is 10.1. The number of aryl methyl sites for hydroxylation is 1. The van der Waals surface area contributed by atoms with Gasteiger partial charge in [0.15, 0.2) is 10.8 Å². The number of rotatable bonds is 2. The number of hydrogen-bond acceptors (Lipinski definition) is 6. The summed E-state index contributed by atoms with van der Waals surface area (Å²) < 4.78 is 1.87. The van der Waals surface area contributed by atoms with E-state index in [0.29, 0.717) is 5.92 Å². The predicted octanol–water partition coefficient (Wildman–Crippen LogP) is 3.50.